The van der Waals surface area contributed by atoms with Crippen LogP contribution in [0.5, 0.6) is 0 Å². The lowest BCUT2D eigenvalue weighted by Gasteiger charge is -2.25. The summed E-state index contributed by atoms with van der Waals surface area (Å²) in [5, 5.41) is 0. The van der Waals surface area contributed by atoms with Gasteiger partial charge in [-0.2, -0.15) is 4.31 Å². The van der Waals surface area contributed by atoms with Gasteiger partial charge in [-0.1, -0.05) is 11.6 Å². The summed E-state index contributed by atoms with van der Waals surface area (Å²) in [4.78, 5) is 0.0526. The minimum atomic E-state index is -3.61. The van der Waals surface area contributed by atoms with Gasteiger partial charge < -0.3 is 5.73 Å². The van der Waals surface area contributed by atoms with Crippen molar-refractivity contribution in [3.8, 4) is 0 Å². The molecule has 6 heteroatoms. The van der Waals surface area contributed by atoms with Gasteiger partial charge in [-0.25, -0.2) is 12.8 Å². The SMILES string of the molecule is CC1=CCN(S(=O)(=O)c2cc(C)c(F)c(N)c2)CC1. The molecule has 0 bridgehead atoms. The molecule has 1 aromatic rings. The Kier molecular flexibility index (Phi) is 3.64. The van der Waals surface area contributed by atoms with Crippen LogP contribution in [0.3, 0.4) is 0 Å². The first kappa shape index (κ1) is 14.0. The number of hydrogen-bond acceptors (Lipinski definition) is 3. The van der Waals surface area contributed by atoms with Gasteiger partial charge in [0.2, 0.25) is 10.0 Å². The number of nitrogen functional groups attached to an aromatic ring is 1. The number of halogens is 1. The van der Waals surface area contributed by atoms with Crippen molar-refractivity contribution in [2.45, 2.75) is 25.2 Å². The second-order valence-electron chi connectivity index (χ2n) is 4.81. The monoisotopic (exact) mass is 284 g/mol. The molecule has 2 N–H and O–H groups in total. The number of aryl methyl sites for hydroxylation is 1. The van der Waals surface area contributed by atoms with Crippen LogP contribution in [0, 0.1) is 12.7 Å². The van der Waals surface area contributed by atoms with Crippen molar-refractivity contribution >= 4 is 15.7 Å². The van der Waals surface area contributed by atoms with Gasteiger partial charge in [0.05, 0.1) is 10.6 Å². The van der Waals surface area contributed by atoms with Crippen molar-refractivity contribution in [3.63, 3.8) is 0 Å². The minimum absolute atomic E-state index is 0.0526. The summed E-state index contributed by atoms with van der Waals surface area (Å²) in [5.74, 6) is -0.562. The zero-order valence-electron chi connectivity index (χ0n) is 11.0. The van der Waals surface area contributed by atoms with E-state index in [2.05, 4.69) is 0 Å². The van der Waals surface area contributed by atoms with Crippen LogP contribution in [0.25, 0.3) is 0 Å². The molecule has 0 aliphatic carbocycles. The smallest absolute Gasteiger partial charge is 0.243 e. The fourth-order valence-electron chi connectivity index (χ4n) is 2.03. The first-order valence-electron chi connectivity index (χ1n) is 6.04. The van der Waals surface area contributed by atoms with Crippen LogP contribution in [0.15, 0.2) is 28.7 Å². The molecule has 1 heterocycles. The van der Waals surface area contributed by atoms with Crippen LogP contribution in [0.4, 0.5) is 10.1 Å². The summed E-state index contributed by atoms with van der Waals surface area (Å²) >= 11 is 0. The molecule has 0 saturated carbocycles. The Labute approximate surface area is 112 Å². The molecule has 0 unspecified atom stereocenters. The van der Waals surface area contributed by atoms with Crippen LogP contribution in [0.2, 0.25) is 0 Å². The third-order valence-corrected chi connectivity index (χ3v) is 5.14. The van der Waals surface area contributed by atoms with Gasteiger partial charge in [-0.3, -0.25) is 0 Å². The molecule has 1 aliphatic rings. The molecular weight excluding hydrogens is 267 g/mol. The predicted molar refractivity (Wildman–Crippen MR) is 72.7 cm³/mol. The molecule has 0 spiro atoms. The second-order valence-corrected chi connectivity index (χ2v) is 6.74. The Morgan fingerprint density at radius 1 is 1.32 bits per heavy atom. The Bertz CT molecular complexity index is 615. The lowest BCUT2D eigenvalue weighted by Crippen LogP contribution is -2.34. The maximum absolute atomic E-state index is 13.4. The van der Waals surface area contributed by atoms with Crippen LogP contribution in [0.1, 0.15) is 18.9 Å². The number of benzene rings is 1. The van der Waals surface area contributed by atoms with Crippen molar-refractivity contribution in [1.82, 2.24) is 4.31 Å². The van der Waals surface area contributed by atoms with E-state index >= 15 is 0 Å². The molecular formula is C13H17FN2O2S. The quantitative estimate of drug-likeness (QED) is 0.668. The number of nitrogens with two attached hydrogens (primary N) is 1. The van der Waals surface area contributed by atoms with Gasteiger partial charge in [0.15, 0.2) is 0 Å². The van der Waals surface area contributed by atoms with Gasteiger partial charge in [-0.05, 0) is 38.0 Å². The van der Waals surface area contributed by atoms with E-state index in [1.54, 1.807) is 0 Å². The third kappa shape index (κ3) is 2.64. The highest BCUT2D eigenvalue weighted by Crippen LogP contribution is 2.25. The van der Waals surface area contributed by atoms with E-state index in [0.29, 0.717) is 13.1 Å². The zero-order chi connectivity index (χ0) is 14.2. The molecule has 4 nitrogen and oxygen atoms in total. The van der Waals surface area contributed by atoms with E-state index in [1.165, 1.54) is 28.9 Å². The van der Waals surface area contributed by atoms with E-state index in [-0.39, 0.29) is 16.1 Å². The molecule has 104 valence electrons. The molecule has 0 amide bonds. The number of sulfonamides is 1. The standard InChI is InChI=1S/C13H17FN2O2S/c1-9-3-5-16(6-4-9)19(17,18)11-7-10(2)13(14)12(15)8-11/h3,7-8H,4-6,15H2,1-2H3. The molecule has 0 fully saturated rings. The van der Waals surface area contributed by atoms with E-state index in [1.807, 2.05) is 13.0 Å². The summed E-state index contributed by atoms with van der Waals surface area (Å²) in [5.41, 5.74) is 6.78. The van der Waals surface area contributed by atoms with Crippen LogP contribution in [-0.2, 0) is 10.0 Å². The van der Waals surface area contributed by atoms with Gasteiger partial charge in [-0.15, -0.1) is 0 Å². The lowest BCUT2D eigenvalue weighted by atomic mass is 10.1. The Morgan fingerprint density at radius 3 is 2.53 bits per heavy atom. The summed E-state index contributed by atoms with van der Waals surface area (Å²) in [6.45, 7) is 4.28. The third-order valence-electron chi connectivity index (χ3n) is 3.29. The largest absolute Gasteiger partial charge is 0.396 e. The number of nitrogens with zero attached hydrogens (tertiary/aromatic N) is 1. The van der Waals surface area contributed by atoms with Crippen molar-refractivity contribution in [2.24, 2.45) is 0 Å². The molecule has 1 aromatic carbocycles. The first-order chi connectivity index (χ1) is 8.82. The summed E-state index contributed by atoms with van der Waals surface area (Å²) in [6, 6.07) is 2.51. The molecule has 0 radical (unpaired) electrons. The van der Waals surface area contributed by atoms with Crippen LogP contribution >= 0.6 is 0 Å². The molecule has 19 heavy (non-hydrogen) atoms. The topological polar surface area (TPSA) is 63.4 Å². The highest BCUT2D eigenvalue weighted by molar-refractivity contribution is 7.89. The average molecular weight is 284 g/mol. The maximum atomic E-state index is 13.4. The van der Waals surface area contributed by atoms with Gasteiger partial charge in [0.25, 0.3) is 0 Å². The minimum Gasteiger partial charge on any atom is -0.396 e. The Hall–Kier alpha value is -1.40. The zero-order valence-corrected chi connectivity index (χ0v) is 11.8. The summed E-state index contributed by atoms with van der Waals surface area (Å²) < 4.78 is 39.7. The van der Waals surface area contributed by atoms with Gasteiger partial charge in [0, 0.05) is 13.1 Å². The van der Waals surface area contributed by atoms with Crippen molar-refractivity contribution in [3.05, 3.63) is 35.2 Å². The van der Waals surface area contributed by atoms with Crippen molar-refractivity contribution in [1.29, 1.82) is 0 Å². The fourth-order valence-corrected chi connectivity index (χ4v) is 3.53. The highest BCUT2D eigenvalue weighted by Gasteiger charge is 2.26. The summed E-state index contributed by atoms with van der Waals surface area (Å²) in [7, 11) is -3.61. The normalized spacial score (nSPS) is 17.3. The Morgan fingerprint density at radius 2 is 2.00 bits per heavy atom. The highest BCUT2D eigenvalue weighted by atomic mass is 32.2. The maximum Gasteiger partial charge on any atom is 0.243 e. The molecule has 0 atom stereocenters. The van der Waals surface area contributed by atoms with Crippen molar-refractivity contribution in [2.75, 3.05) is 18.8 Å². The molecule has 0 aromatic heterocycles. The van der Waals surface area contributed by atoms with Gasteiger partial charge >= 0.3 is 0 Å². The molecule has 1 aliphatic heterocycles. The molecule has 0 saturated heterocycles. The van der Waals surface area contributed by atoms with E-state index in [9.17, 15) is 12.8 Å². The molecule has 2 rings (SSSR count). The number of rotatable bonds is 2. The van der Waals surface area contributed by atoms with Crippen LogP contribution in [-0.4, -0.2) is 25.8 Å². The lowest BCUT2D eigenvalue weighted by molar-refractivity contribution is 0.431. The second kappa shape index (κ2) is 4.94. The van der Waals surface area contributed by atoms with E-state index in [4.69, 9.17) is 5.73 Å². The number of hydrogen-bond donors (Lipinski definition) is 1. The first-order valence-corrected chi connectivity index (χ1v) is 7.48. The number of anilines is 1. The summed E-state index contributed by atoms with van der Waals surface area (Å²) in [6.07, 6.45) is 2.61. The Balaban J connectivity index is 2.40. The van der Waals surface area contributed by atoms with Crippen molar-refractivity contribution < 1.29 is 12.8 Å². The van der Waals surface area contributed by atoms with E-state index in [0.717, 1.165) is 6.42 Å². The van der Waals surface area contributed by atoms with Gasteiger partial charge in [0.1, 0.15) is 5.82 Å². The average Bonchev–Trinajstić information content (AvgIpc) is 2.35. The predicted octanol–water partition coefficient (Wildman–Crippen LogP) is 2.06. The van der Waals surface area contributed by atoms with E-state index < -0.39 is 15.8 Å². The van der Waals surface area contributed by atoms with Crippen LogP contribution < -0.4 is 5.73 Å². The fraction of sp³-hybridized carbons (Fsp3) is 0.385.